The Labute approximate surface area is 222 Å². The molecule has 9 heteroatoms. The van der Waals surface area contributed by atoms with Crippen molar-refractivity contribution >= 4 is 28.1 Å². The lowest BCUT2D eigenvalue weighted by atomic mass is 9.98. The van der Waals surface area contributed by atoms with E-state index in [9.17, 15) is 9.90 Å². The van der Waals surface area contributed by atoms with Gasteiger partial charge >= 0.3 is 0 Å². The number of aliphatic hydroxyl groups is 1. The summed E-state index contributed by atoms with van der Waals surface area (Å²) >= 11 is 0. The number of hydrogen-bond donors (Lipinski definition) is 2. The standard InChI is InChI=1S/C29H37N7O2/c1-6-18-15-35(16(2)24(18)30)28(37)20-11-21-26(31-13-20)34(5)27(32-21)22-12-19-9-10-23(29(3,4)38)33-25(19)36(22)14-17-7-8-17/h9-13,16-18,24,38H,6-8,14-15,30H2,1-5H3/t16-,18-,24+/m1/s1. The fraction of sp³-hybridized carbons (Fsp3) is 0.517. The molecular weight excluding hydrogens is 478 g/mol. The van der Waals surface area contributed by atoms with Gasteiger partial charge in [-0.05, 0) is 69.7 Å². The number of aryl methyl sites for hydroxylation is 1. The first-order chi connectivity index (χ1) is 18.1. The minimum Gasteiger partial charge on any atom is -0.384 e. The predicted octanol–water partition coefficient (Wildman–Crippen LogP) is 3.82. The predicted molar refractivity (Wildman–Crippen MR) is 147 cm³/mol. The Morgan fingerprint density at radius 1 is 1.18 bits per heavy atom. The molecule has 3 atom stereocenters. The van der Waals surface area contributed by atoms with Crippen LogP contribution in [-0.4, -0.2) is 58.6 Å². The fourth-order valence-electron chi connectivity index (χ4n) is 5.80. The molecule has 1 saturated heterocycles. The Morgan fingerprint density at radius 3 is 2.61 bits per heavy atom. The molecule has 5 heterocycles. The Hall–Kier alpha value is -3.30. The van der Waals surface area contributed by atoms with Gasteiger partial charge in [-0.3, -0.25) is 4.79 Å². The second-order valence-corrected chi connectivity index (χ2v) is 11.8. The van der Waals surface area contributed by atoms with Gasteiger partial charge in [-0.15, -0.1) is 0 Å². The first-order valence-electron chi connectivity index (χ1n) is 13.7. The molecule has 4 aromatic heterocycles. The number of aromatic nitrogens is 5. The van der Waals surface area contributed by atoms with E-state index >= 15 is 0 Å². The summed E-state index contributed by atoms with van der Waals surface area (Å²) in [6.45, 7) is 9.19. The number of pyridine rings is 2. The van der Waals surface area contributed by atoms with Crippen molar-refractivity contribution in [1.82, 2.24) is 29.0 Å². The van der Waals surface area contributed by atoms with Gasteiger partial charge in [0.25, 0.3) is 5.91 Å². The van der Waals surface area contributed by atoms with Crippen molar-refractivity contribution in [2.75, 3.05) is 6.54 Å². The van der Waals surface area contributed by atoms with Crippen LogP contribution in [0.15, 0.2) is 30.5 Å². The van der Waals surface area contributed by atoms with Gasteiger partial charge in [0.2, 0.25) is 0 Å². The van der Waals surface area contributed by atoms with Crippen molar-refractivity contribution < 1.29 is 9.90 Å². The lowest BCUT2D eigenvalue weighted by Gasteiger charge is -2.23. The highest BCUT2D eigenvalue weighted by Gasteiger charge is 2.38. The molecule has 2 fully saturated rings. The number of fused-ring (bicyclic) bond motifs is 2. The third kappa shape index (κ3) is 4.08. The smallest absolute Gasteiger partial charge is 0.255 e. The van der Waals surface area contributed by atoms with E-state index in [1.165, 1.54) is 12.8 Å². The van der Waals surface area contributed by atoms with Crippen molar-refractivity contribution in [1.29, 1.82) is 0 Å². The number of hydrogen-bond acceptors (Lipinski definition) is 6. The average Bonchev–Trinajstić information content (AvgIpc) is 3.47. The zero-order chi connectivity index (χ0) is 26.9. The summed E-state index contributed by atoms with van der Waals surface area (Å²) in [5.41, 5.74) is 9.77. The van der Waals surface area contributed by atoms with E-state index in [4.69, 9.17) is 15.7 Å². The monoisotopic (exact) mass is 515 g/mol. The summed E-state index contributed by atoms with van der Waals surface area (Å²) in [6.07, 6.45) is 5.02. The Kier molecular flexibility index (Phi) is 5.84. The number of imidazole rings is 1. The number of rotatable bonds is 6. The molecule has 1 aliphatic heterocycles. The van der Waals surface area contributed by atoms with Crippen molar-refractivity contribution in [2.45, 2.75) is 71.2 Å². The summed E-state index contributed by atoms with van der Waals surface area (Å²) in [5, 5.41) is 11.6. The molecule has 38 heavy (non-hydrogen) atoms. The van der Waals surface area contributed by atoms with Crippen LogP contribution in [0.5, 0.6) is 0 Å². The van der Waals surface area contributed by atoms with E-state index < -0.39 is 5.60 Å². The summed E-state index contributed by atoms with van der Waals surface area (Å²) < 4.78 is 4.22. The van der Waals surface area contributed by atoms with Crippen molar-refractivity contribution in [3.05, 3.63) is 41.7 Å². The van der Waals surface area contributed by atoms with Gasteiger partial charge in [0.15, 0.2) is 11.5 Å². The average molecular weight is 516 g/mol. The Balaban J connectivity index is 1.42. The Bertz CT molecular complexity index is 1540. The Morgan fingerprint density at radius 2 is 1.95 bits per heavy atom. The summed E-state index contributed by atoms with van der Waals surface area (Å²) in [6, 6.07) is 7.85. The highest BCUT2D eigenvalue weighted by molar-refractivity contribution is 5.97. The summed E-state index contributed by atoms with van der Waals surface area (Å²) in [7, 11) is 1.96. The van der Waals surface area contributed by atoms with E-state index in [2.05, 4.69) is 22.5 Å². The minimum absolute atomic E-state index is 0.0122. The van der Waals surface area contributed by atoms with Gasteiger partial charge in [0.05, 0.1) is 17.0 Å². The van der Waals surface area contributed by atoms with Crippen LogP contribution in [0.4, 0.5) is 0 Å². The molecule has 200 valence electrons. The molecule has 6 rings (SSSR count). The molecule has 1 amide bonds. The molecular formula is C29H37N7O2. The first kappa shape index (κ1) is 25.0. The number of nitrogens with zero attached hydrogens (tertiary/aromatic N) is 6. The van der Waals surface area contributed by atoms with Gasteiger partial charge in [-0.1, -0.05) is 13.3 Å². The largest absolute Gasteiger partial charge is 0.384 e. The molecule has 3 N–H and O–H groups in total. The van der Waals surface area contributed by atoms with E-state index in [1.54, 1.807) is 20.0 Å². The maximum Gasteiger partial charge on any atom is 0.255 e. The molecule has 0 unspecified atom stereocenters. The molecule has 0 radical (unpaired) electrons. The number of likely N-dealkylation sites (tertiary alicyclic amines) is 1. The zero-order valence-electron chi connectivity index (χ0n) is 22.8. The third-order valence-electron chi connectivity index (χ3n) is 8.50. The normalized spacial score (nSPS) is 22.2. The second-order valence-electron chi connectivity index (χ2n) is 11.8. The van der Waals surface area contributed by atoms with Crippen LogP contribution in [0.25, 0.3) is 33.7 Å². The first-order valence-corrected chi connectivity index (χ1v) is 13.7. The number of carbonyl (C=O) groups excluding carboxylic acids is 1. The maximum absolute atomic E-state index is 13.4. The molecule has 4 aromatic rings. The summed E-state index contributed by atoms with van der Waals surface area (Å²) in [5.74, 6) is 1.67. The molecule has 1 saturated carbocycles. The van der Waals surface area contributed by atoms with Crippen LogP contribution in [0.2, 0.25) is 0 Å². The van der Waals surface area contributed by atoms with Gasteiger partial charge in [-0.25, -0.2) is 15.0 Å². The third-order valence-corrected chi connectivity index (χ3v) is 8.50. The molecule has 0 aromatic carbocycles. The van der Waals surface area contributed by atoms with Crippen LogP contribution >= 0.6 is 0 Å². The van der Waals surface area contributed by atoms with Crippen LogP contribution in [0.1, 0.15) is 63.0 Å². The maximum atomic E-state index is 13.4. The van der Waals surface area contributed by atoms with Crippen LogP contribution in [0.3, 0.4) is 0 Å². The SMILES string of the molecule is CC[C@@H]1CN(C(=O)c2cnc3c(c2)nc(-c2cc4ccc(C(C)(C)O)nc4n2CC2CC2)n3C)[C@H](C)[C@@H]1N. The topological polar surface area (TPSA) is 115 Å². The quantitative estimate of drug-likeness (QED) is 0.403. The van der Waals surface area contributed by atoms with Gasteiger partial charge in [0.1, 0.15) is 16.8 Å². The van der Waals surface area contributed by atoms with Gasteiger partial charge in [0, 0.05) is 43.8 Å². The lowest BCUT2D eigenvalue weighted by molar-refractivity contribution is 0.0733. The van der Waals surface area contributed by atoms with E-state index in [0.717, 1.165) is 41.2 Å². The van der Waals surface area contributed by atoms with E-state index in [1.807, 2.05) is 41.6 Å². The van der Waals surface area contributed by atoms with Gasteiger partial charge in [-0.2, -0.15) is 0 Å². The van der Waals surface area contributed by atoms with Crippen LogP contribution < -0.4 is 5.73 Å². The molecule has 1 aliphatic carbocycles. The minimum atomic E-state index is -1.03. The number of nitrogens with two attached hydrogens (primary N) is 1. The van der Waals surface area contributed by atoms with Crippen LogP contribution in [0, 0.1) is 11.8 Å². The number of amides is 1. The zero-order valence-corrected chi connectivity index (χ0v) is 22.8. The van der Waals surface area contributed by atoms with E-state index in [0.29, 0.717) is 35.2 Å². The van der Waals surface area contributed by atoms with Crippen molar-refractivity contribution in [3.63, 3.8) is 0 Å². The number of carbonyl (C=O) groups is 1. The highest BCUT2D eigenvalue weighted by atomic mass is 16.3. The van der Waals surface area contributed by atoms with Gasteiger partial charge < -0.3 is 24.9 Å². The molecule has 0 spiro atoms. The highest BCUT2D eigenvalue weighted by Crippen LogP contribution is 2.36. The van der Waals surface area contributed by atoms with Crippen LogP contribution in [-0.2, 0) is 19.2 Å². The molecule has 2 aliphatic rings. The van der Waals surface area contributed by atoms with Crippen molar-refractivity contribution in [3.8, 4) is 11.5 Å². The molecule has 9 nitrogen and oxygen atoms in total. The molecule has 0 bridgehead atoms. The van der Waals surface area contributed by atoms with E-state index in [-0.39, 0.29) is 18.0 Å². The van der Waals surface area contributed by atoms with Crippen molar-refractivity contribution in [2.24, 2.45) is 24.6 Å². The second kappa shape index (κ2) is 8.88. The summed E-state index contributed by atoms with van der Waals surface area (Å²) in [4.78, 5) is 29.8. The fourth-order valence-corrected chi connectivity index (χ4v) is 5.80. The lowest BCUT2D eigenvalue weighted by Crippen LogP contribution is -2.41.